The van der Waals surface area contributed by atoms with Crippen molar-refractivity contribution in [3.8, 4) is 0 Å². The number of ether oxygens (including phenoxy) is 3. The standard InChI is InChI=1S/C23H24BrFN4O6S/c1-3-33-22(30)17-16(11-29-7-8-34-12(2)21(29)35-23(31)32)27-19(20-26-6-9-36-20)28-18(17)14-5-4-13(25)10-15(14)24/h4-6,9-10,12,18,21H,3,7-8,11H2,1-2H3,(H,27,28)(H,31,32)/t12-,18+,21+/m1/s1. The Hall–Kier alpha value is -2.87. The van der Waals surface area contributed by atoms with Gasteiger partial charge in [-0.1, -0.05) is 22.0 Å². The van der Waals surface area contributed by atoms with Crippen LogP contribution in [0.1, 0.15) is 30.5 Å². The molecular formula is C23H24BrFN4O6S. The quantitative estimate of drug-likeness (QED) is 0.470. The molecule has 1 aromatic carbocycles. The second kappa shape index (κ2) is 11.5. The zero-order chi connectivity index (χ0) is 25.8. The van der Waals surface area contributed by atoms with Gasteiger partial charge in [0, 0.05) is 34.8 Å². The van der Waals surface area contributed by atoms with Gasteiger partial charge < -0.3 is 24.6 Å². The van der Waals surface area contributed by atoms with Crippen LogP contribution in [0.5, 0.6) is 0 Å². The monoisotopic (exact) mass is 582 g/mol. The van der Waals surface area contributed by atoms with Gasteiger partial charge in [0.25, 0.3) is 0 Å². The number of hydrogen-bond donors (Lipinski definition) is 2. The average molecular weight is 583 g/mol. The second-order valence-electron chi connectivity index (χ2n) is 7.94. The molecular weight excluding hydrogens is 559 g/mol. The summed E-state index contributed by atoms with van der Waals surface area (Å²) in [5.41, 5.74) is 1.22. The lowest BCUT2D eigenvalue weighted by atomic mass is 9.95. The number of esters is 1. The number of halogens is 2. The van der Waals surface area contributed by atoms with Gasteiger partial charge >= 0.3 is 12.1 Å². The van der Waals surface area contributed by atoms with E-state index in [1.54, 1.807) is 36.4 Å². The number of rotatable bonds is 7. The highest BCUT2D eigenvalue weighted by atomic mass is 79.9. The van der Waals surface area contributed by atoms with E-state index in [1.807, 2.05) is 0 Å². The van der Waals surface area contributed by atoms with E-state index in [0.29, 0.717) is 39.7 Å². The van der Waals surface area contributed by atoms with Gasteiger partial charge in [-0.2, -0.15) is 0 Å². The van der Waals surface area contributed by atoms with Crippen molar-refractivity contribution in [1.82, 2.24) is 15.2 Å². The summed E-state index contributed by atoms with van der Waals surface area (Å²) >= 11 is 4.76. The van der Waals surface area contributed by atoms with Gasteiger partial charge in [-0.05, 0) is 31.5 Å². The van der Waals surface area contributed by atoms with Crippen molar-refractivity contribution in [2.75, 3.05) is 26.3 Å². The molecule has 2 aromatic rings. The van der Waals surface area contributed by atoms with Crippen molar-refractivity contribution >= 4 is 45.2 Å². The number of benzene rings is 1. The fourth-order valence-electron chi connectivity index (χ4n) is 4.08. The Bertz CT molecular complexity index is 1190. The SMILES string of the molecule is CCOC(=O)C1=C(CN2CCO[C@H](C)[C@@H]2OC(=O)O)NC(c2nccs2)=N[C@H]1c1ccc(F)cc1Br. The largest absolute Gasteiger partial charge is 0.507 e. The van der Waals surface area contributed by atoms with E-state index < -0.39 is 36.3 Å². The molecule has 3 heterocycles. The maximum absolute atomic E-state index is 13.9. The Morgan fingerprint density at radius 1 is 1.42 bits per heavy atom. The summed E-state index contributed by atoms with van der Waals surface area (Å²) in [6.45, 7) is 4.37. The highest BCUT2D eigenvalue weighted by Gasteiger charge is 2.38. The fourth-order valence-corrected chi connectivity index (χ4v) is 5.23. The van der Waals surface area contributed by atoms with Crippen molar-refractivity contribution in [3.63, 3.8) is 0 Å². The van der Waals surface area contributed by atoms with Crippen LogP contribution in [0.2, 0.25) is 0 Å². The highest BCUT2D eigenvalue weighted by Crippen LogP contribution is 2.37. The number of morpholine rings is 1. The molecule has 0 bridgehead atoms. The molecule has 3 atom stereocenters. The topological polar surface area (TPSA) is 123 Å². The van der Waals surface area contributed by atoms with Gasteiger partial charge in [0.05, 0.1) is 18.8 Å². The van der Waals surface area contributed by atoms with Gasteiger partial charge in [-0.15, -0.1) is 11.3 Å². The summed E-state index contributed by atoms with van der Waals surface area (Å²) in [5, 5.41) is 14.9. The molecule has 0 aliphatic carbocycles. The summed E-state index contributed by atoms with van der Waals surface area (Å²) < 4.78 is 30.4. The number of amidine groups is 1. The molecule has 13 heteroatoms. The smallest absolute Gasteiger partial charge is 0.463 e. The highest BCUT2D eigenvalue weighted by molar-refractivity contribution is 9.10. The molecule has 2 N–H and O–H groups in total. The van der Waals surface area contributed by atoms with Crippen LogP contribution in [0, 0.1) is 5.82 Å². The van der Waals surface area contributed by atoms with Crippen LogP contribution in [0.4, 0.5) is 9.18 Å². The van der Waals surface area contributed by atoms with Gasteiger partial charge in [0.15, 0.2) is 17.1 Å². The van der Waals surface area contributed by atoms with Gasteiger partial charge in [-0.25, -0.2) is 19.0 Å². The third kappa shape index (κ3) is 5.75. The molecule has 10 nitrogen and oxygen atoms in total. The zero-order valence-corrected chi connectivity index (χ0v) is 21.8. The number of hydrogen-bond acceptors (Lipinski definition) is 10. The lowest BCUT2D eigenvalue weighted by Crippen LogP contribution is -2.54. The van der Waals surface area contributed by atoms with Crippen molar-refractivity contribution in [1.29, 1.82) is 0 Å². The average Bonchev–Trinajstić information content (AvgIpc) is 3.36. The predicted octanol–water partition coefficient (Wildman–Crippen LogP) is 3.69. The molecule has 2 aliphatic heterocycles. The summed E-state index contributed by atoms with van der Waals surface area (Å²) in [7, 11) is 0. The van der Waals surface area contributed by atoms with Gasteiger partial charge in [-0.3, -0.25) is 9.89 Å². The first kappa shape index (κ1) is 26.2. The molecule has 0 spiro atoms. The minimum absolute atomic E-state index is 0.111. The molecule has 4 rings (SSSR count). The van der Waals surface area contributed by atoms with E-state index in [-0.39, 0.29) is 18.7 Å². The molecule has 0 radical (unpaired) electrons. The first-order valence-corrected chi connectivity index (χ1v) is 12.8. The number of aromatic nitrogens is 1. The molecule has 1 aromatic heterocycles. The van der Waals surface area contributed by atoms with Crippen molar-refractivity contribution in [2.45, 2.75) is 32.2 Å². The van der Waals surface area contributed by atoms with Crippen LogP contribution in [-0.4, -0.2) is 71.6 Å². The molecule has 2 aliphatic rings. The maximum Gasteiger partial charge on any atom is 0.507 e. The Labute approximate surface area is 218 Å². The molecule has 0 saturated carbocycles. The van der Waals surface area contributed by atoms with E-state index in [2.05, 4.69) is 26.2 Å². The van der Waals surface area contributed by atoms with Crippen molar-refractivity contribution in [2.24, 2.45) is 4.99 Å². The van der Waals surface area contributed by atoms with Gasteiger partial charge in [0.1, 0.15) is 18.0 Å². The fraction of sp³-hybridized carbons (Fsp3) is 0.391. The number of thiazole rings is 1. The summed E-state index contributed by atoms with van der Waals surface area (Å²) in [5.74, 6) is -0.618. The van der Waals surface area contributed by atoms with E-state index in [0.717, 1.165) is 0 Å². The van der Waals surface area contributed by atoms with E-state index in [1.165, 1.54) is 23.5 Å². The molecule has 0 amide bonds. The molecule has 1 fully saturated rings. The molecule has 0 unspecified atom stereocenters. The van der Waals surface area contributed by atoms with Crippen LogP contribution in [-0.2, 0) is 19.0 Å². The third-order valence-electron chi connectivity index (χ3n) is 5.62. The minimum Gasteiger partial charge on any atom is -0.463 e. The Balaban J connectivity index is 1.82. The zero-order valence-electron chi connectivity index (χ0n) is 19.4. The van der Waals surface area contributed by atoms with E-state index in [9.17, 15) is 19.1 Å². The Morgan fingerprint density at radius 2 is 2.22 bits per heavy atom. The molecule has 1 saturated heterocycles. The number of carbonyl (C=O) groups is 2. The van der Waals surface area contributed by atoms with Crippen molar-refractivity contribution < 1.29 is 33.3 Å². The van der Waals surface area contributed by atoms with Crippen LogP contribution >= 0.6 is 27.3 Å². The number of carbonyl (C=O) groups excluding carboxylic acids is 1. The number of nitrogens with zero attached hydrogens (tertiary/aromatic N) is 3. The van der Waals surface area contributed by atoms with Gasteiger partial charge in [0.2, 0.25) is 0 Å². The number of nitrogens with one attached hydrogen (secondary N) is 1. The van der Waals surface area contributed by atoms with Crippen LogP contribution < -0.4 is 5.32 Å². The lowest BCUT2D eigenvalue weighted by Gasteiger charge is -2.39. The first-order valence-electron chi connectivity index (χ1n) is 11.1. The summed E-state index contributed by atoms with van der Waals surface area (Å²) in [6, 6.07) is 3.32. The predicted molar refractivity (Wildman–Crippen MR) is 132 cm³/mol. The van der Waals surface area contributed by atoms with Crippen LogP contribution in [0.25, 0.3) is 0 Å². The molecule has 36 heavy (non-hydrogen) atoms. The van der Waals surface area contributed by atoms with Crippen LogP contribution in [0.3, 0.4) is 0 Å². The molecule has 192 valence electrons. The first-order chi connectivity index (χ1) is 17.3. The minimum atomic E-state index is -1.43. The van der Waals surface area contributed by atoms with E-state index in [4.69, 9.17) is 19.2 Å². The number of aliphatic imine (C=N–C) groups is 1. The Morgan fingerprint density at radius 3 is 2.89 bits per heavy atom. The second-order valence-corrected chi connectivity index (χ2v) is 9.69. The Kier molecular flexibility index (Phi) is 8.34. The van der Waals surface area contributed by atoms with Crippen LogP contribution in [0.15, 0.2) is 50.5 Å². The van der Waals surface area contributed by atoms with Crippen molar-refractivity contribution in [3.05, 3.63) is 61.9 Å². The normalized spacial score (nSPS) is 22.6. The summed E-state index contributed by atoms with van der Waals surface area (Å²) in [6.07, 6.45) is -1.22. The number of carboxylic acid groups (broad SMARTS) is 1. The summed E-state index contributed by atoms with van der Waals surface area (Å²) in [4.78, 5) is 35.5. The lowest BCUT2D eigenvalue weighted by molar-refractivity contribution is -0.155. The third-order valence-corrected chi connectivity index (χ3v) is 7.08. The maximum atomic E-state index is 13.9. The van der Waals surface area contributed by atoms with E-state index >= 15 is 0 Å².